The van der Waals surface area contributed by atoms with Crippen LogP contribution in [0.1, 0.15) is 24.8 Å². The van der Waals surface area contributed by atoms with Crippen LogP contribution < -0.4 is 5.32 Å². The molecule has 2 saturated heterocycles. The van der Waals surface area contributed by atoms with E-state index in [-0.39, 0.29) is 17.8 Å². The minimum Gasteiger partial charge on any atom is -0.341 e. The number of rotatable bonds is 5. The van der Waals surface area contributed by atoms with Gasteiger partial charge in [0.1, 0.15) is 5.82 Å². The van der Waals surface area contributed by atoms with Crippen molar-refractivity contribution in [2.45, 2.75) is 31.8 Å². The van der Waals surface area contributed by atoms with E-state index in [1.807, 2.05) is 24.1 Å². The summed E-state index contributed by atoms with van der Waals surface area (Å²) < 4.78 is 13.0. The second-order valence-electron chi connectivity index (χ2n) is 6.75. The molecule has 1 aromatic carbocycles. The molecule has 1 N–H and O–H groups in total. The standard InChI is InChI=1S/C18H26FN3O/c1-20-11-15-8-10-22(13-15)18(23)17-3-2-9-21(17)12-14-4-6-16(19)7-5-14/h4-7,15,17,20H,2-3,8-13H2,1H3. The van der Waals surface area contributed by atoms with Crippen LogP contribution in [0, 0.1) is 11.7 Å². The Hall–Kier alpha value is -1.46. The monoisotopic (exact) mass is 319 g/mol. The number of hydrogen-bond acceptors (Lipinski definition) is 3. The van der Waals surface area contributed by atoms with Gasteiger partial charge in [0.15, 0.2) is 0 Å². The topological polar surface area (TPSA) is 35.6 Å². The van der Waals surface area contributed by atoms with Crippen molar-refractivity contribution >= 4 is 5.91 Å². The van der Waals surface area contributed by atoms with Crippen LogP contribution in [0.5, 0.6) is 0 Å². The molecule has 2 aliphatic rings. The van der Waals surface area contributed by atoms with E-state index in [1.54, 1.807) is 0 Å². The molecule has 1 aromatic rings. The first kappa shape index (κ1) is 16.4. The molecule has 0 radical (unpaired) electrons. The van der Waals surface area contributed by atoms with Crippen LogP contribution in [0.15, 0.2) is 24.3 Å². The van der Waals surface area contributed by atoms with Crippen LogP contribution in [-0.4, -0.2) is 55.0 Å². The average Bonchev–Trinajstić information content (AvgIpc) is 3.19. The molecule has 2 unspecified atom stereocenters. The van der Waals surface area contributed by atoms with Crippen LogP contribution >= 0.6 is 0 Å². The first-order valence-corrected chi connectivity index (χ1v) is 8.59. The van der Waals surface area contributed by atoms with Gasteiger partial charge < -0.3 is 10.2 Å². The number of benzene rings is 1. The smallest absolute Gasteiger partial charge is 0.239 e. The number of likely N-dealkylation sites (tertiary alicyclic amines) is 2. The van der Waals surface area contributed by atoms with Crippen molar-refractivity contribution in [2.24, 2.45) is 5.92 Å². The summed E-state index contributed by atoms with van der Waals surface area (Å²) in [6.07, 6.45) is 3.09. The number of hydrogen-bond donors (Lipinski definition) is 1. The quantitative estimate of drug-likeness (QED) is 0.900. The molecule has 2 atom stereocenters. The average molecular weight is 319 g/mol. The molecule has 0 aliphatic carbocycles. The first-order valence-electron chi connectivity index (χ1n) is 8.59. The molecule has 2 fully saturated rings. The van der Waals surface area contributed by atoms with Crippen LogP contribution in [0.3, 0.4) is 0 Å². The molecule has 23 heavy (non-hydrogen) atoms. The molecule has 2 aliphatic heterocycles. The van der Waals surface area contributed by atoms with E-state index in [0.29, 0.717) is 5.92 Å². The summed E-state index contributed by atoms with van der Waals surface area (Å²) >= 11 is 0. The first-order chi connectivity index (χ1) is 11.2. The van der Waals surface area contributed by atoms with Crippen LogP contribution in [0.2, 0.25) is 0 Å². The highest BCUT2D eigenvalue weighted by atomic mass is 19.1. The van der Waals surface area contributed by atoms with Crippen LogP contribution in [0.4, 0.5) is 4.39 Å². The Morgan fingerprint density at radius 1 is 1.26 bits per heavy atom. The van der Waals surface area contributed by atoms with Crippen molar-refractivity contribution in [1.82, 2.24) is 15.1 Å². The van der Waals surface area contributed by atoms with Gasteiger partial charge in [-0.05, 0) is 63.0 Å². The van der Waals surface area contributed by atoms with E-state index in [1.165, 1.54) is 12.1 Å². The number of halogens is 1. The summed E-state index contributed by atoms with van der Waals surface area (Å²) in [4.78, 5) is 17.1. The van der Waals surface area contributed by atoms with E-state index in [9.17, 15) is 9.18 Å². The lowest BCUT2D eigenvalue weighted by atomic mass is 10.1. The van der Waals surface area contributed by atoms with E-state index < -0.39 is 0 Å². The van der Waals surface area contributed by atoms with Gasteiger partial charge >= 0.3 is 0 Å². The molecule has 0 aromatic heterocycles. The number of nitrogens with zero attached hydrogens (tertiary/aromatic N) is 2. The maximum absolute atomic E-state index is 13.0. The molecular weight excluding hydrogens is 293 g/mol. The Morgan fingerprint density at radius 2 is 2.04 bits per heavy atom. The van der Waals surface area contributed by atoms with Crippen molar-refractivity contribution < 1.29 is 9.18 Å². The zero-order valence-electron chi connectivity index (χ0n) is 13.8. The largest absolute Gasteiger partial charge is 0.341 e. The third-order valence-electron chi connectivity index (χ3n) is 5.04. The molecule has 5 heteroatoms. The van der Waals surface area contributed by atoms with E-state index in [0.717, 1.165) is 57.5 Å². The molecule has 3 rings (SSSR count). The molecule has 126 valence electrons. The summed E-state index contributed by atoms with van der Waals surface area (Å²) in [6.45, 7) is 4.41. The molecule has 2 heterocycles. The van der Waals surface area contributed by atoms with Gasteiger partial charge in [-0.15, -0.1) is 0 Å². The molecular formula is C18H26FN3O. The number of carbonyl (C=O) groups excluding carboxylic acids is 1. The van der Waals surface area contributed by atoms with E-state index >= 15 is 0 Å². The third kappa shape index (κ3) is 3.90. The number of nitrogens with one attached hydrogen (secondary N) is 1. The molecule has 4 nitrogen and oxygen atoms in total. The summed E-state index contributed by atoms with van der Waals surface area (Å²) in [5, 5.41) is 3.21. The van der Waals surface area contributed by atoms with Crippen LogP contribution in [-0.2, 0) is 11.3 Å². The van der Waals surface area contributed by atoms with Gasteiger partial charge in [-0.25, -0.2) is 4.39 Å². The lowest BCUT2D eigenvalue weighted by molar-refractivity contribution is -0.135. The minimum atomic E-state index is -0.213. The van der Waals surface area contributed by atoms with Gasteiger partial charge in [0.05, 0.1) is 6.04 Å². The van der Waals surface area contributed by atoms with Crippen molar-refractivity contribution in [3.8, 4) is 0 Å². The lowest BCUT2D eigenvalue weighted by Gasteiger charge is -2.28. The van der Waals surface area contributed by atoms with Gasteiger partial charge in [-0.2, -0.15) is 0 Å². The summed E-state index contributed by atoms with van der Waals surface area (Å²) in [6, 6.07) is 6.60. The predicted octanol–water partition coefficient (Wildman–Crippen LogP) is 1.86. The van der Waals surface area contributed by atoms with Gasteiger partial charge in [0.25, 0.3) is 0 Å². The van der Waals surface area contributed by atoms with Gasteiger partial charge in [0.2, 0.25) is 5.91 Å². The van der Waals surface area contributed by atoms with Crippen molar-refractivity contribution in [3.05, 3.63) is 35.6 Å². The Kier molecular flexibility index (Phi) is 5.28. The van der Waals surface area contributed by atoms with Crippen LogP contribution in [0.25, 0.3) is 0 Å². The minimum absolute atomic E-state index is 0.00612. The maximum Gasteiger partial charge on any atom is 0.239 e. The Bertz CT molecular complexity index is 534. The van der Waals surface area contributed by atoms with Gasteiger partial charge in [0, 0.05) is 19.6 Å². The Labute approximate surface area is 137 Å². The fourth-order valence-electron chi connectivity index (χ4n) is 3.82. The molecule has 0 spiro atoms. The Balaban J connectivity index is 1.60. The molecule has 0 saturated carbocycles. The third-order valence-corrected chi connectivity index (χ3v) is 5.04. The highest BCUT2D eigenvalue weighted by Gasteiger charge is 2.36. The number of amides is 1. The second-order valence-corrected chi connectivity index (χ2v) is 6.75. The SMILES string of the molecule is CNCC1CCN(C(=O)C2CCCN2Cc2ccc(F)cc2)C1. The summed E-state index contributed by atoms with van der Waals surface area (Å²) in [7, 11) is 1.96. The normalized spacial score (nSPS) is 25.2. The molecule has 1 amide bonds. The molecule has 0 bridgehead atoms. The zero-order chi connectivity index (χ0) is 16.2. The Morgan fingerprint density at radius 3 is 2.78 bits per heavy atom. The van der Waals surface area contributed by atoms with Gasteiger partial charge in [-0.3, -0.25) is 9.69 Å². The van der Waals surface area contributed by atoms with Crippen molar-refractivity contribution in [1.29, 1.82) is 0 Å². The van der Waals surface area contributed by atoms with Crippen molar-refractivity contribution in [3.63, 3.8) is 0 Å². The maximum atomic E-state index is 13.0. The summed E-state index contributed by atoms with van der Waals surface area (Å²) in [5.41, 5.74) is 1.07. The van der Waals surface area contributed by atoms with Crippen molar-refractivity contribution in [2.75, 3.05) is 33.2 Å². The number of carbonyl (C=O) groups is 1. The van der Waals surface area contributed by atoms with E-state index in [4.69, 9.17) is 0 Å². The van der Waals surface area contributed by atoms with Gasteiger partial charge in [-0.1, -0.05) is 12.1 Å². The summed E-state index contributed by atoms with van der Waals surface area (Å²) in [5.74, 6) is 0.648. The fraction of sp³-hybridized carbons (Fsp3) is 0.611. The second kappa shape index (κ2) is 7.41. The van der Waals surface area contributed by atoms with E-state index in [2.05, 4.69) is 10.2 Å². The zero-order valence-corrected chi connectivity index (χ0v) is 13.8. The fourth-order valence-corrected chi connectivity index (χ4v) is 3.82. The highest BCUT2D eigenvalue weighted by molar-refractivity contribution is 5.82. The highest BCUT2D eigenvalue weighted by Crippen LogP contribution is 2.25. The lowest BCUT2D eigenvalue weighted by Crippen LogP contribution is -2.44. The predicted molar refractivity (Wildman–Crippen MR) is 88.4 cm³/mol.